The van der Waals surface area contributed by atoms with Crippen molar-refractivity contribution in [3.05, 3.63) is 11.8 Å². The van der Waals surface area contributed by atoms with Crippen molar-refractivity contribution < 1.29 is 9.90 Å². The van der Waals surface area contributed by atoms with E-state index in [-0.39, 0.29) is 5.91 Å². The van der Waals surface area contributed by atoms with Crippen molar-refractivity contribution in [1.82, 2.24) is 10.3 Å². The van der Waals surface area contributed by atoms with Crippen molar-refractivity contribution >= 4 is 12.6 Å². The summed E-state index contributed by atoms with van der Waals surface area (Å²) in [6.45, 7) is 12.3. The maximum atomic E-state index is 11.5. The molecular weight excluding hydrogens is 254 g/mol. The Labute approximate surface area is 122 Å². The van der Waals surface area contributed by atoms with Gasteiger partial charge in [0.15, 0.2) is 0 Å². The summed E-state index contributed by atoms with van der Waals surface area (Å²) in [5.41, 5.74) is 0.132. The molecular formula is C15H29N3O2. The number of allylic oxidation sites excluding steroid dienone is 2. The summed E-state index contributed by atoms with van der Waals surface area (Å²) >= 11 is 0. The molecule has 0 saturated carbocycles. The van der Waals surface area contributed by atoms with Gasteiger partial charge in [0.05, 0.1) is 12.1 Å². The lowest BCUT2D eigenvalue weighted by Crippen LogP contribution is -2.39. The first-order valence-electron chi connectivity index (χ1n) is 7.34. The average Bonchev–Trinajstić information content (AvgIpc) is 2.46. The summed E-state index contributed by atoms with van der Waals surface area (Å²) in [7, 11) is 0. The van der Waals surface area contributed by atoms with Crippen LogP contribution in [0.5, 0.6) is 0 Å². The Hall–Kier alpha value is -1.36. The zero-order valence-electron chi connectivity index (χ0n) is 13.3. The second-order valence-electron chi connectivity index (χ2n) is 4.86. The number of hydrazone groups is 1. The fraction of sp³-hybridized carbons (Fsp3) is 0.733. The van der Waals surface area contributed by atoms with Crippen LogP contribution in [0.3, 0.4) is 0 Å². The summed E-state index contributed by atoms with van der Waals surface area (Å²) in [6, 6.07) is 0. The van der Waals surface area contributed by atoms with Crippen LogP contribution in [0.2, 0.25) is 0 Å². The predicted molar refractivity (Wildman–Crippen MR) is 83.5 cm³/mol. The number of carbonyl (C=O) groups is 1. The molecule has 20 heavy (non-hydrogen) atoms. The highest BCUT2D eigenvalue weighted by atomic mass is 16.3. The minimum absolute atomic E-state index is 0.0251. The molecule has 0 spiro atoms. The first-order valence-corrected chi connectivity index (χ1v) is 7.34. The van der Waals surface area contributed by atoms with Gasteiger partial charge in [-0.1, -0.05) is 19.9 Å². The molecule has 0 saturated heterocycles. The van der Waals surface area contributed by atoms with Gasteiger partial charge in [-0.05, 0) is 33.1 Å². The molecule has 0 radical (unpaired) electrons. The van der Waals surface area contributed by atoms with Crippen LogP contribution in [-0.2, 0) is 4.79 Å². The van der Waals surface area contributed by atoms with E-state index in [1.807, 2.05) is 33.8 Å². The van der Waals surface area contributed by atoms with Crippen LogP contribution in [-0.4, -0.2) is 41.4 Å². The molecule has 0 aliphatic heterocycles. The third-order valence-electron chi connectivity index (χ3n) is 3.58. The Balaban J connectivity index is 4.67. The molecule has 116 valence electrons. The van der Waals surface area contributed by atoms with Crippen LogP contribution >= 0.6 is 0 Å². The van der Waals surface area contributed by atoms with Crippen molar-refractivity contribution in [3.63, 3.8) is 0 Å². The number of hydrogen-bond acceptors (Lipinski definition) is 4. The second-order valence-corrected chi connectivity index (χ2v) is 4.86. The van der Waals surface area contributed by atoms with Crippen LogP contribution in [0.15, 0.2) is 16.9 Å². The van der Waals surface area contributed by atoms with Gasteiger partial charge < -0.3 is 10.4 Å². The Morgan fingerprint density at radius 1 is 1.35 bits per heavy atom. The minimum Gasteiger partial charge on any atom is -0.388 e. The molecule has 0 bridgehead atoms. The highest BCUT2D eigenvalue weighted by Gasteiger charge is 2.26. The molecule has 0 atom stereocenters. The van der Waals surface area contributed by atoms with E-state index in [1.54, 1.807) is 5.01 Å². The van der Waals surface area contributed by atoms with Crippen LogP contribution in [0.4, 0.5) is 0 Å². The Bertz CT molecular complexity index is 336. The van der Waals surface area contributed by atoms with Gasteiger partial charge in [-0.25, -0.2) is 0 Å². The SMILES string of the molecule is C=NN(CC(O)(CC)CC)/C(=C\C)CCC(=O)NCC. The van der Waals surface area contributed by atoms with Crippen molar-refractivity contribution in [1.29, 1.82) is 0 Å². The maximum Gasteiger partial charge on any atom is 0.220 e. The van der Waals surface area contributed by atoms with Crippen LogP contribution < -0.4 is 5.32 Å². The van der Waals surface area contributed by atoms with Crippen molar-refractivity contribution in [2.45, 2.75) is 59.0 Å². The lowest BCUT2D eigenvalue weighted by Gasteiger charge is -2.32. The van der Waals surface area contributed by atoms with Crippen molar-refractivity contribution in [3.8, 4) is 0 Å². The average molecular weight is 283 g/mol. The third-order valence-corrected chi connectivity index (χ3v) is 3.58. The summed E-state index contributed by atoms with van der Waals surface area (Å²) in [5, 5.41) is 18.9. The molecule has 0 aromatic carbocycles. The van der Waals surface area contributed by atoms with Crippen LogP contribution in [0.1, 0.15) is 53.4 Å². The zero-order valence-corrected chi connectivity index (χ0v) is 13.3. The van der Waals surface area contributed by atoms with E-state index in [1.165, 1.54) is 0 Å². The number of aliphatic hydroxyl groups is 1. The number of rotatable bonds is 10. The lowest BCUT2D eigenvalue weighted by molar-refractivity contribution is -0.121. The maximum absolute atomic E-state index is 11.5. The van der Waals surface area contributed by atoms with E-state index in [9.17, 15) is 9.90 Å². The van der Waals surface area contributed by atoms with E-state index in [4.69, 9.17) is 0 Å². The summed E-state index contributed by atoms with van der Waals surface area (Å²) in [5.74, 6) is 0.0251. The summed E-state index contributed by atoms with van der Waals surface area (Å²) < 4.78 is 0. The summed E-state index contributed by atoms with van der Waals surface area (Å²) in [6.07, 6.45) is 4.23. The molecule has 0 aromatic rings. The predicted octanol–water partition coefficient (Wildman–Crippen LogP) is 2.28. The molecule has 0 aliphatic carbocycles. The fourth-order valence-corrected chi connectivity index (χ4v) is 1.94. The van der Waals surface area contributed by atoms with E-state index >= 15 is 0 Å². The fourth-order valence-electron chi connectivity index (χ4n) is 1.94. The normalized spacial score (nSPS) is 12.2. The molecule has 2 N–H and O–H groups in total. The first-order chi connectivity index (χ1) is 9.46. The van der Waals surface area contributed by atoms with Crippen LogP contribution in [0.25, 0.3) is 0 Å². The molecule has 0 fully saturated rings. The Kier molecular flexibility index (Phi) is 8.88. The van der Waals surface area contributed by atoms with Gasteiger partial charge in [0.1, 0.15) is 0 Å². The van der Waals surface area contributed by atoms with Gasteiger partial charge in [0.25, 0.3) is 0 Å². The standard InChI is InChI=1S/C15H29N3O2/c1-6-13(10-11-14(19)17-9-4)18(16-5)12-15(20,7-2)8-3/h6,20H,5,7-12H2,1-4H3,(H,17,19)/b13-6-. The molecule has 0 heterocycles. The van der Waals surface area contributed by atoms with E-state index in [0.717, 1.165) is 5.70 Å². The summed E-state index contributed by atoms with van der Waals surface area (Å²) in [4.78, 5) is 11.5. The molecule has 0 rings (SSSR count). The number of amides is 1. The molecule has 5 nitrogen and oxygen atoms in total. The highest BCUT2D eigenvalue weighted by molar-refractivity contribution is 5.76. The van der Waals surface area contributed by atoms with Crippen molar-refractivity contribution in [2.75, 3.05) is 13.1 Å². The van der Waals surface area contributed by atoms with Gasteiger partial charge in [-0.15, -0.1) is 0 Å². The van der Waals surface area contributed by atoms with E-state index < -0.39 is 5.60 Å². The quantitative estimate of drug-likeness (QED) is 0.477. The Morgan fingerprint density at radius 3 is 2.35 bits per heavy atom. The molecule has 0 aromatic heterocycles. The molecule has 0 unspecified atom stereocenters. The van der Waals surface area contributed by atoms with Gasteiger partial charge in [0.2, 0.25) is 5.91 Å². The second kappa shape index (κ2) is 9.53. The number of hydrogen-bond donors (Lipinski definition) is 2. The van der Waals surface area contributed by atoms with Gasteiger partial charge in [0, 0.05) is 25.4 Å². The van der Waals surface area contributed by atoms with E-state index in [0.29, 0.717) is 38.8 Å². The Morgan fingerprint density at radius 2 is 1.95 bits per heavy atom. The number of carbonyl (C=O) groups excluding carboxylic acids is 1. The largest absolute Gasteiger partial charge is 0.388 e. The lowest BCUT2D eigenvalue weighted by atomic mass is 9.97. The van der Waals surface area contributed by atoms with Gasteiger partial charge in [-0.2, -0.15) is 5.10 Å². The topological polar surface area (TPSA) is 64.9 Å². The first kappa shape index (κ1) is 18.6. The molecule has 1 amide bonds. The monoisotopic (exact) mass is 283 g/mol. The molecule has 0 aliphatic rings. The molecule has 5 heteroatoms. The smallest absolute Gasteiger partial charge is 0.220 e. The minimum atomic E-state index is -0.777. The van der Waals surface area contributed by atoms with Gasteiger partial charge >= 0.3 is 0 Å². The highest BCUT2D eigenvalue weighted by Crippen LogP contribution is 2.21. The van der Waals surface area contributed by atoms with Crippen LogP contribution in [0, 0.1) is 0 Å². The van der Waals surface area contributed by atoms with E-state index in [2.05, 4.69) is 17.1 Å². The number of nitrogens with zero attached hydrogens (tertiary/aromatic N) is 2. The van der Waals surface area contributed by atoms with Gasteiger partial charge in [-0.3, -0.25) is 9.80 Å². The number of nitrogens with one attached hydrogen (secondary N) is 1. The van der Waals surface area contributed by atoms with Crippen molar-refractivity contribution in [2.24, 2.45) is 5.10 Å². The zero-order chi connectivity index (χ0) is 15.6. The third kappa shape index (κ3) is 6.19.